The number of nitrogens with zero attached hydrogens (tertiary/aromatic N) is 3. The number of hydrogen-bond acceptors (Lipinski definition) is 7. The Hall–Kier alpha value is -2.24. The minimum absolute atomic E-state index is 0.0579. The molecule has 4 aliphatic rings. The number of thioether (sulfide) groups is 1. The van der Waals surface area contributed by atoms with Crippen LogP contribution >= 0.6 is 11.8 Å². The number of aryl methyl sites for hydroxylation is 1. The van der Waals surface area contributed by atoms with Gasteiger partial charge in [-0.2, -0.15) is 21.1 Å². The number of aromatic nitrogens is 1. The maximum Gasteiger partial charge on any atom is 0.501 e. The minimum atomic E-state index is -3.72. The highest BCUT2D eigenvalue weighted by Crippen LogP contribution is 2.36. The van der Waals surface area contributed by atoms with Crippen LogP contribution in [-0.4, -0.2) is 69.5 Å². The zero-order valence-electron chi connectivity index (χ0n) is 19.3. The fraction of sp³-hybridized carbons (Fsp3) is 0.565. The molecule has 11 heteroatoms. The summed E-state index contributed by atoms with van der Waals surface area (Å²) < 4.78 is 35.7. The molecule has 1 saturated carbocycles. The van der Waals surface area contributed by atoms with Gasteiger partial charge in [0.15, 0.2) is 12.3 Å². The molecule has 182 valence electrons. The van der Waals surface area contributed by atoms with Gasteiger partial charge in [0.05, 0.1) is 12.2 Å². The van der Waals surface area contributed by atoms with Crippen molar-refractivity contribution in [3.05, 3.63) is 41.3 Å². The molecular weight excluding hydrogens is 476 g/mol. The van der Waals surface area contributed by atoms with E-state index in [4.69, 9.17) is 4.52 Å². The smallest absolute Gasteiger partial charge is 0.357 e. The van der Waals surface area contributed by atoms with Gasteiger partial charge in [0.1, 0.15) is 16.5 Å². The lowest BCUT2D eigenvalue weighted by molar-refractivity contribution is -0.445. The minimum Gasteiger partial charge on any atom is -0.357 e. The lowest BCUT2D eigenvalue weighted by Crippen LogP contribution is -2.53. The number of sulfonamides is 1. The number of urea groups is 1. The second kappa shape index (κ2) is 8.76. The molecule has 34 heavy (non-hydrogen) atoms. The molecule has 0 bridgehead atoms. The second-order valence-corrected chi connectivity index (χ2v) is 12.8. The molecule has 2 aliphatic heterocycles. The molecule has 1 aromatic rings. The molecule has 0 spiro atoms. The molecule has 1 unspecified atom stereocenters. The average molecular weight is 506 g/mol. The fourth-order valence-corrected chi connectivity index (χ4v) is 7.35. The molecule has 1 aromatic heterocycles. The standard InChI is InChI=1S/C23H29N4O5S2/c1-15-11-17(32-24-15)14-27-21(28)19-12-18(34(30,31)25-23(2)7-8-23)3-4-20(19)26(22(27)29)13-16-5-9-33-10-6-16/h3-4,11-12,16,18,25H,5-10,13-14H2,1-2H3/q+1. The first-order valence-electron chi connectivity index (χ1n) is 11.6. The molecule has 9 nitrogen and oxygen atoms in total. The highest BCUT2D eigenvalue weighted by Gasteiger charge is 2.48. The third-order valence-corrected chi connectivity index (χ3v) is 9.63. The topological polar surface area (TPSA) is 113 Å². The second-order valence-electron chi connectivity index (χ2n) is 9.77. The Labute approximate surface area is 203 Å². The van der Waals surface area contributed by atoms with Crippen LogP contribution in [0.15, 0.2) is 34.4 Å². The van der Waals surface area contributed by atoms with Crippen molar-refractivity contribution in [2.75, 3.05) is 18.1 Å². The monoisotopic (exact) mass is 505 g/mol. The number of nitrogens with one attached hydrogen (secondary N) is 1. The maximum atomic E-state index is 13.5. The van der Waals surface area contributed by atoms with Crippen LogP contribution in [0.3, 0.4) is 0 Å². The summed E-state index contributed by atoms with van der Waals surface area (Å²) >= 11 is 1.91. The van der Waals surface area contributed by atoms with Crippen molar-refractivity contribution < 1.29 is 27.1 Å². The first-order chi connectivity index (χ1) is 16.2. The first-order valence-corrected chi connectivity index (χ1v) is 14.3. The molecule has 1 atom stereocenters. The van der Waals surface area contributed by atoms with E-state index in [0.29, 0.717) is 29.6 Å². The van der Waals surface area contributed by atoms with Gasteiger partial charge in [0.2, 0.25) is 10.0 Å². The van der Waals surface area contributed by atoms with Crippen molar-refractivity contribution in [3.8, 4) is 0 Å². The SMILES string of the molecule is Cc1cc(CN2C(=O)C3=CC(S(=O)(=O)NC4(C)CC4)C=CC3=[N+](CC3CCSCC3)C2=O)on1. The van der Waals surface area contributed by atoms with Gasteiger partial charge < -0.3 is 4.52 Å². The summed E-state index contributed by atoms with van der Waals surface area (Å²) in [6.45, 7) is 4.07. The Balaban J connectivity index is 1.50. The lowest BCUT2D eigenvalue weighted by Gasteiger charge is -2.28. The summed E-state index contributed by atoms with van der Waals surface area (Å²) in [5, 5.41) is 2.87. The van der Waals surface area contributed by atoms with Crippen LogP contribution in [0, 0.1) is 12.8 Å². The lowest BCUT2D eigenvalue weighted by atomic mass is 9.97. The molecule has 1 saturated heterocycles. The van der Waals surface area contributed by atoms with E-state index < -0.39 is 32.8 Å². The molecule has 2 aliphatic carbocycles. The fourth-order valence-electron chi connectivity index (χ4n) is 4.52. The van der Waals surface area contributed by atoms with Gasteiger partial charge >= 0.3 is 11.9 Å². The van der Waals surface area contributed by atoms with Gasteiger partial charge in [-0.05, 0) is 69.1 Å². The van der Waals surface area contributed by atoms with Gasteiger partial charge in [-0.1, -0.05) is 11.2 Å². The number of allylic oxidation sites excluding steroid dienone is 1. The highest BCUT2D eigenvalue weighted by atomic mass is 32.2. The van der Waals surface area contributed by atoms with E-state index in [9.17, 15) is 18.0 Å². The van der Waals surface area contributed by atoms with E-state index in [1.807, 2.05) is 18.7 Å². The molecule has 3 amide bonds. The van der Waals surface area contributed by atoms with E-state index in [-0.39, 0.29) is 12.1 Å². The normalized spacial score (nSPS) is 24.9. The molecule has 3 heterocycles. The Kier molecular flexibility index (Phi) is 6.06. The molecular formula is C23H29N4O5S2+. The summed E-state index contributed by atoms with van der Waals surface area (Å²) in [6.07, 6.45) is 8.24. The molecule has 0 aromatic carbocycles. The average Bonchev–Trinajstić information content (AvgIpc) is 3.37. The van der Waals surface area contributed by atoms with Gasteiger partial charge in [-0.15, -0.1) is 4.90 Å². The molecule has 2 fully saturated rings. The van der Waals surface area contributed by atoms with E-state index in [1.165, 1.54) is 6.08 Å². The molecule has 1 N–H and O–H groups in total. The van der Waals surface area contributed by atoms with Crippen molar-refractivity contribution >= 4 is 39.4 Å². The summed E-state index contributed by atoms with van der Waals surface area (Å²) in [4.78, 5) is 28.1. The van der Waals surface area contributed by atoms with E-state index >= 15 is 0 Å². The van der Waals surface area contributed by atoms with Crippen molar-refractivity contribution in [1.82, 2.24) is 14.8 Å². The highest BCUT2D eigenvalue weighted by molar-refractivity contribution is 7.99. The first kappa shape index (κ1) is 23.5. The summed E-state index contributed by atoms with van der Waals surface area (Å²) in [5.74, 6) is 2.30. The molecule has 5 rings (SSSR count). The van der Waals surface area contributed by atoms with Crippen LogP contribution in [0.5, 0.6) is 0 Å². The van der Waals surface area contributed by atoms with Gasteiger partial charge in [0, 0.05) is 11.6 Å². The third kappa shape index (κ3) is 4.65. The zero-order chi connectivity index (χ0) is 24.1. The van der Waals surface area contributed by atoms with Gasteiger partial charge in [-0.3, -0.25) is 0 Å². The Morgan fingerprint density at radius 1 is 1.29 bits per heavy atom. The van der Waals surface area contributed by atoms with E-state index in [2.05, 4.69) is 9.88 Å². The predicted octanol–water partition coefficient (Wildman–Crippen LogP) is 2.38. The summed E-state index contributed by atoms with van der Waals surface area (Å²) in [5.41, 5.74) is 0.951. The van der Waals surface area contributed by atoms with Crippen molar-refractivity contribution in [3.63, 3.8) is 0 Å². The zero-order valence-corrected chi connectivity index (χ0v) is 21.0. The molecule has 0 radical (unpaired) electrons. The number of fused-ring (bicyclic) bond motifs is 1. The number of imide groups is 1. The summed E-state index contributed by atoms with van der Waals surface area (Å²) in [6, 6.07) is 1.27. The number of carbonyl (C=O) groups is 2. The Morgan fingerprint density at radius 2 is 2.03 bits per heavy atom. The number of amides is 3. The van der Waals surface area contributed by atoms with Crippen LogP contribution < -0.4 is 4.72 Å². The van der Waals surface area contributed by atoms with Crippen molar-refractivity contribution in [2.45, 2.75) is 56.9 Å². The Morgan fingerprint density at radius 3 is 2.68 bits per heavy atom. The van der Waals surface area contributed by atoms with Crippen molar-refractivity contribution in [1.29, 1.82) is 0 Å². The van der Waals surface area contributed by atoms with Crippen molar-refractivity contribution in [2.24, 2.45) is 5.92 Å². The Bertz CT molecular complexity index is 1220. The van der Waals surface area contributed by atoms with Crippen LogP contribution in [0.2, 0.25) is 0 Å². The third-order valence-electron chi connectivity index (χ3n) is 6.80. The predicted molar refractivity (Wildman–Crippen MR) is 128 cm³/mol. The van der Waals surface area contributed by atoms with Crippen LogP contribution in [0.1, 0.15) is 44.1 Å². The maximum absolute atomic E-state index is 13.5. The quantitative estimate of drug-likeness (QED) is 0.566. The summed E-state index contributed by atoms with van der Waals surface area (Å²) in [7, 11) is -3.72. The number of hydrogen-bond donors (Lipinski definition) is 1. The van der Waals surface area contributed by atoms with Crippen LogP contribution in [-0.2, 0) is 21.4 Å². The number of rotatable bonds is 7. The van der Waals surface area contributed by atoms with Crippen LogP contribution in [0.4, 0.5) is 4.79 Å². The number of carbonyl (C=O) groups excluding carboxylic acids is 2. The van der Waals surface area contributed by atoms with E-state index in [1.54, 1.807) is 29.7 Å². The van der Waals surface area contributed by atoms with Gasteiger partial charge in [-0.25, -0.2) is 17.9 Å². The van der Waals surface area contributed by atoms with Gasteiger partial charge in [0.25, 0.3) is 0 Å². The largest absolute Gasteiger partial charge is 0.501 e. The van der Waals surface area contributed by atoms with E-state index in [0.717, 1.165) is 42.1 Å². The van der Waals surface area contributed by atoms with Crippen LogP contribution in [0.25, 0.3) is 0 Å².